The number of halogens is 1. The Balaban J connectivity index is 2.33. The van der Waals surface area contributed by atoms with Crippen LogP contribution in [0.25, 0.3) is 0 Å². The number of aryl methyl sites for hydroxylation is 1. The highest BCUT2D eigenvalue weighted by molar-refractivity contribution is 7.95. The second-order valence-electron chi connectivity index (χ2n) is 3.98. The van der Waals surface area contributed by atoms with Gasteiger partial charge in [-0.1, -0.05) is 11.6 Å². The SMILES string of the molecule is CCOC(=O)c1cc(C)sc1NS(=O)(=O)c1ccc(Cl)s1. The molecule has 2 aromatic heterocycles. The number of ether oxygens (including phenoxy) is 1. The van der Waals surface area contributed by atoms with E-state index in [1.807, 2.05) is 0 Å². The van der Waals surface area contributed by atoms with Crippen LogP contribution in [0.4, 0.5) is 5.00 Å². The van der Waals surface area contributed by atoms with E-state index in [9.17, 15) is 13.2 Å². The predicted octanol–water partition coefficient (Wildman–Crippen LogP) is 3.75. The Hall–Kier alpha value is -1.09. The maximum atomic E-state index is 12.3. The Morgan fingerprint density at radius 1 is 1.38 bits per heavy atom. The standard InChI is InChI=1S/C12H12ClNO4S3/c1-3-18-12(15)8-6-7(2)19-11(8)14-21(16,17)10-5-4-9(13)20-10/h4-6,14H,3H2,1-2H3. The number of hydrogen-bond donors (Lipinski definition) is 1. The molecule has 0 amide bonds. The molecule has 21 heavy (non-hydrogen) atoms. The van der Waals surface area contributed by atoms with Crippen LogP contribution in [0.2, 0.25) is 4.34 Å². The van der Waals surface area contributed by atoms with E-state index in [4.69, 9.17) is 16.3 Å². The lowest BCUT2D eigenvalue weighted by molar-refractivity contribution is 0.0528. The molecule has 0 radical (unpaired) electrons. The lowest BCUT2D eigenvalue weighted by Gasteiger charge is -2.06. The summed E-state index contributed by atoms with van der Waals surface area (Å²) in [6, 6.07) is 4.52. The number of nitrogens with one attached hydrogen (secondary N) is 1. The molecule has 5 nitrogen and oxygen atoms in total. The van der Waals surface area contributed by atoms with Crippen LogP contribution in [-0.2, 0) is 14.8 Å². The number of sulfonamides is 1. The predicted molar refractivity (Wildman–Crippen MR) is 85.2 cm³/mol. The molecule has 0 aromatic carbocycles. The maximum absolute atomic E-state index is 12.3. The number of hydrogen-bond acceptors (Lipinski definition) is 6. The van der Waals surface area contributed by atoms with Crippen molar-refractivity contribution in [2.24, 2.45) is 0 Å². The lowest BCUT2D eigenvalue weighted by Crippen LogP contribution is -2.13. The van der Waals surface area contributed by atoms with E-state index >= 15 is 0 Å². The fraction of sp³-hybridized carbons (Fsp3) is 0.250. The van der Waals surface area contributed by atoms with Gasteiger partial charge in [0, 0.05) is 4.88 Å². The number of carbonyl (C=O) groups excluding carboxylic acids is 1. The van der Waals surface area contributed by atoms with E-state index in [1.165, 1.54) is 23.5 Å². The first-order valence-electron chi connectivity index (χ1n) is 5.89. The summed E-state index contributed by atoms with van der Waals surface area (Å²) < 4.78 is 32.3. The zero-order chi connectivity index (χ0) is 15.6. The van der Waals surface area contributed by atoms with Gasteiger partial charge in [-0.05, 0) is 32.0 Å². The molecular formula is C12H12ClNO4S3. The molecule has 0 aliphatic rings. The van der Waals surface area contributed by atoms with Gasteiger partial charge in [-0.3, -0.25) is 4.72 Å². The van der Waals surface area contributed by atoms with Gasteiger partial charge in [0.25, 0.3) is 10.0 Å². The average molecular weight is 366 g/mol. The normalized spacial score (nSPS) is 11.4. The number of rotatable bonds is 5. The summed E-state index contributed by atoms with van der Waals surface area (Å²) in [7, 11) is -3.76. The van der Waals surface area contributed by atoms with Gasteiger partial charge in [0.2, 0.25) is 0 Å². The molecule has 2 aromatic rings. The number of thiophene rings is 2. The minimum atomic E-state index is -3.76. The highest BCUT2D eigenvalue weighted by Gasteiger charge is 2.23. The number of carbonyl (C=O) groups is 1. The summed E-state index contributed by atoms with van der Waals surface area (Å²) in [6.07, 6.45) is 0. The van der Waals surface area contributed by atoms with Crippen LogP contribution in [0, 0.1) is 6.92 Å². The van der Waals surface area contributed by atoms with Gasteiger partial charge in [0.15, 0.2) is 0 Å². The molecule has 0 fully saturated rings. The van der Waals surface area contributed by atoms with Gasteiger partial charge >= 0.3 is 5.97 Å². The molecule has 0 bridgehead atoms. The minimum Gasteiger partial charge on any atom is -0.462 e. The summed E-state index contributed by atoms with van der Waals surface area (Å²) in [4.78, 5) is 12.6. The van der Waals surface area contributed by atoms with Crippen molar-refractivity contribution in [1.82, 2.24) is 0 Å². The van der Waals surface area contributed by atoms with E-state index in [0.717, 1.165) is 16.2 Å². The minimum absolute atomic E-state index is 0.0911. The van der Waals surface area contributed by atoms with Gasteiger partial charge in [0.05, 0.1) is 16.5 Å². The first kappa shape index (κ1) is 16.3. The summed E-state index contributed by atoms with van der Waals surface area (Å²) >= 11 is 7.88. The van der Waals surface area contributed by atoms with Crippen molar-refractivity contribution in [3.63, 3.8) is 0 Å². The Labute approximate surface area is 135 Å². The highest BCUT2D eigenvalue weighted by Crippen LogP contribution is 2.32. The molecule has 2 heterocycles. The molecule has 0 saturated carbocycles. The zero-order valence-corrected chi connectivity index (χ0v) is 14.4. The lowest BCUT2D eigenvalue weighted by atomic mass is 10.3. The van der Waals surface area contributed by atoms with E-state index < -0.39 is 16.0 Å². The molecule has 0 unspecified atom stereocenters. The molecule has 0 aliphatic heterocycles. The number of esters is 1. The van der Waals surface area contributed by atoms with Gasteiger partial charge in [-0.25, -0.2) is 13.2 Å². The van der Waals surface area contributed by atoms with Crippen LogP contribution in [-0.4, -0.2) is 21.0 Å². The summed E-state index contributed by atoms with van der Waals surface area (Å²) in [5.74, 6) is -0.552. The molecule has 2 rings (SSSR count). The van der Waals surface area contributed by atoms with Crippen molar-refractivity contribution < 1.29 is 17.9 Å². The van der Waals surface area contributed by atoms with Crippen LogP contribution in [0.5, 0.6) is 0 Å². The van der Waals surface area contributed by atoms with Crippen LogP contribution in [0.3, 0.4) is 0 Å². The maximum Gasteiger partial charge on any atom is 0.341 e. The molecule has 0 atom stereocenters. The highest BCUT2D eigenvalue weighted by atomic mass is 35.5. The van der Waals surface area contributed by atoms with Crippen molar-refractivity contribution in [2.45, 2.75) is 18.1 Å². The third-order valence-corrected chi connectivity index (χ3v) is 6.56. The summed E-state index contributed by atoms with van der Waals surface area (Å²) in [5, 5.41) is 0.246. The third-order valence-electron chi connectivity index (χ3n) is 2.39. The Kier molecular flexibility index (Phi) is 4.92. The zero-order valence-electron chi connectivity index (χ0n) is 11.2. The van der Waals surface area contributed by atoms with Gasteiger partial charge < -0.3 is 4.74 Å². The van der Waals surface area contributed by atoms with E-state index in [2.05, 4.69) is 4.72 Å². The monoisotopic (exact) mass is 365 g/mol. The Morgan fingerprint density at radius 2 is 2.10 bits per heavy atom. The quantitative estimate of drug-likeness (QED) is 0.819. The molecule has 9 heteroatoms. The van der Waals surface area contributed by atoms with Crippen molar-refractivity contribution in [2.75, 3.05) is 11.3 Å². The van der Waals surface area contributed by atoms with Gasteiger partial charge in [-0.2, -0.15) is 0 Å². The van der Waals surface area contributed by atoms with Gasteiger partial charge in [0.1, 0.15) is 9.21 Å². The fourth-order valence-corrected chi connectivity index (χ4v) is 5.26. The van der Waals surface area contributed by atoms with E-state index in [-0.39, 0.29) is 21.4 Å². The Bertz CT molecular complexity index is 763. The van der Waals surface area contributed by atoms with E-state index in [0.29, 0.717) is 4.34 Å². The topological polar surface area (TPSA) is 72.5 Å². The third kappa shape index (κ3) is 3.76. The summed E-state index contributed by atoms with van der Waals surface area (Å²) in [6.45, 7) is 3.70. The second-order valence-corrected chi connectivity index (χ2v) is 8.87. The van der Waals surface area contributed by atoms with Crippen molar-refractivity contribution in [3.8, 4) is 0 Å². The Morgan fingerprint density at radius 3 is 2.67 bits per heavy atom. The van der Waals surface area contributed by atoms with Crippen LogP contribution in [0.1, 0.15) is 22.2 Å². The largest absolute Gasteiger partial charge is 0.462 e. The molecule has 0 saturated heterocycles. The molecule has 1 N–H and O–H groups in total. The van der Waals surface area contributed by atoms with Gasteiger partial charge in [-0.15, -0.1) is 22.7 Å². The smallest absolute Gasteiger partial charge is 0.341 e. The fourth-order valence-electron chi connectivity index (χ4n) is 1.56. The summed E-state index contributed by atoms with van der Waals surface area (Å²) in [5.41, 5.74) is 0.213. The number of anilines is 1. The second kappa shape index (κ2) is 6.35. The molecule has 0 spiro atoms. The first-order chi connectivity index (χ1) is 9.83. The average Bonchev–Trinajstić information content (AvgIpc) is 2.96. The van der Waals surface area contributed by atoms with E-state index in [1.54, 1.807) is 19.9 Å². The molecule has 0 aliphatic carbocycles. The van der Waals surface area contributed by atoms with Crippen LogP contribution >= 0.6 is 34.3 Å². The molecular weight excluding hydrogens is 354 g/mol. The molecule has 114 valence electrons. The van der Waals surface area contributed by atoms with Crippen molar-refractivity contribution in [3.05, 3.63) is 33.0 Å². The van der Waals surface area contributed by atoms with Crippen molar-refractivity contribution >= 4 is 55.3 Å². The van der Waals surface area contributed by atoms with Crippen LogP contribution in [0.15, 0.2) is 22.4 Å². The first-order valence-corrected chi connectivity index (χ1v) is 9.38. The van der Waals surface area contributed by atoms with Crippen LogP contribution < -0.4 is 4.72 Å². The van der Waals surface area contributed by atoms with Crippen molar-refractivity contribution in [1.29, 1.82) is 0 Å².